The van der Waals surface area contributed by atoms with E-state index in [2.05, 4.69) is 5.32 Å². The third kappa shape index (κ3) is 4.05. The average Bonchev–Trinajstić information content (AvgIpc) is 3.56. The second kappa shape index (κ2) is 9.03. The quantitative estimate of drug-likeness (QED) is 0.629. The second-order valence-corrected chi connectivity index (χ2v) is 8.98. The van der Waals surface area contributed by atoms with E-state index in [9.17, 15) is 19.2 Å². The van der Waals surface area contributed by atoms with Crippen LogP contribution in [0.25, 0.3) is 0 Å². The monoisotopic (exact) mass is 457 g/mol. The molecular weight excluding hydrogens is 426 g/mol. The van der Waals surface area contributed by atoms with Gasteiger partial charge >= 0.3 is 18.0 Å². The van der Waals surface area contributed by atoms with Gasteiger partial charge in [-0.15, -0.1) is 0 Å². The number of anilines is 1. The molecule has 4 rings (SSSR count). The fourth-order valence-electron chi connectivity index (χ4n) is 5.15. The van der Waals surface area contributed by atoms with Gasteiger partial charge in [0.1, 0.15) is 12.1 Å². The van der Waals surface area contributed by atoms with E-state index >= 15 is 0 Å². The molecule has 0 radical (unpaired) electrons. The molecule has 9 nitrogen and oxygen atoms in total. The zero-order valence-electron chi connectivity index (χ0n) is 19.3. The van der Waals surface area contributed by atoms with Gasteiger partial charge in [0.05, 0.1) is 19.1 Å². The van der Waals surface area contributed by atoms with Crippen molar-refractivity contribution in [2.24, 2.45) is 11.8 Å². The van der Waals surface area contributed by atoms with Crippen molar-refractivity contribution in [3.05, 3.63) is 29.8 Å². The van der Waals surface area contributed by atoms with Gasteiger partial charge in [-0.3, -0.25) is 14.4 Å². The topological polar surface area (TPSA) is 105 Å². The first kappa shape index (κ1) is 23.1. The first-order valence-electron chi connectivity index (χ1n) is 11.6. The van der Waals surface area contributed by atoms with Crippen LogP contribution in [0.2, 0.25) is 0 Å². The highest BCUT2D eigenvalue weighted by Crippen LogP contribution is 2.53. The van der Waals surface area contributed by atoms with Crippen molar-refractivity contribution in [3.8, 4) is 0 Å². The van der Waals surface area contributed by atoms with E-state index < -0.39 is 35.3 Å². The molecule has 2 heterocycles. The Labute approximate surface area is 193 Å². The van der Waals surface area contributed by atoms with Crippen molar-refractivity contribution >= 4 is 29.6 Å². The van der Waals surface area contributed by atoms with Crippen molar-refractivity contribution in [2.75, 3.05) is 37.7 Å². The van der Waals surface area contributed by atoms with Crippen LogP contribution in [0.5, 0.6) is 0 Å². The maximum atomic E-state index is 14.0. The van der Waals surface area contributed by atoms with E-state index in [1.165, 1.54) is 4.90 Å². The van der Waals surface area contributed by atoms with Crippen LogP contribution in [-0.2, 0) is 23.9 Å². The lowest BCUT2D eigenvalue weighted by atomic mass is 9.72. The summed E-state index contributed by atoms with van der Waals surface area (Å²) in [6, 6.07) is 7.02. The summed E-state index contributed by atoms with van der Waals surface area (Å²) < 4.78 is 10.2. The summed E-state index contributed by atoms with van der Waals surface area (Å²) in [5.74, 6) is -2.02. The number of carbonyl (C=O) groups excluding carboxylic acids is 4. The number of amides is 3. The lowest BCUT2D eigenvalue weighted by molar-refractivity contribution is -0.148. The van der Waals surface area contributed by atoms with Crippen LogP contribution in [0.3, 0.4) is 0 Å². The smallest absolute Gasteiger partial charge is 0.325 e. The molecule has 9 heteroatoms. The highest BCUT2D eigenvalue weighted by molar-refractivity contribution is 6.07. The predicted molar refractivity (Wildman–Crippen MR) is 120 cm³/mol. The van der Waals surface area contributed by atoms with Gasteiger partial charge < -0.3 is 24.6 Å². The van der Waals surface area contributed by atoms with Gasteiger partial charge in [-0.25, -0.2) is 4.79 Å². The minimum atomic E-state index is -1.29. The summed E-state index contributed by atoms with van der Waals surface area (Å²) in [6.45, 7) is 5.83. The van der Waals surface area contributed by atoms with Crippen LogP contribution in [-0.4, -0.2) is 67.2 Å². The molecule has 3 aliphatic rings. The molecule has 3 amide bonds. The van der Waals surface area contributed by atoms with E-state index in [-0.39, 0.29) is 32.2 Å². The number of urea groups is 1. The van der Waals surface area contributed by atoms with Gasteiger partial charge in [0.15, 0.2) is 0 Å². The van der Waals surface area contributed by atoms with Crippen LogP contribution >= 0.6 is 0 Å². The Hall–Kier alpha value is -3.10. The maximum Gasteiger partial charge on any atom is 0.325 e. The maximum absolute atomic E-state index is 14.0. The number of hydrogen-bond acceptors (Lipinski definition) is 6. The number of nitrogens with zero attached hydrogens (tertiary/aromatic N) is 2. The SMILES string of the molecule is CCOC(=O)CNC(=O)N1C[C@H](C(=O)OCC)[C@H]2c3ccccc3N(CC3CC3)C(=O)[C@]21C. The normalized spacial score (nSPS) is 25.8. The molecule has 1 saturated carbocycles. The number of hydrogen-bond donors (Lipinski definition) is 1. The summed E-state index contributed by atoms with van der Waals surface area (Å²) in [5.41, 5.74) is 0.360. The summed E-state index contributed by atoms with van der Waals surface area (Å²) in [4.78, 5) is 55.1. The molecule has 1 saturated heterocycles. The molecule has 2 aliphatic heterocycles. The third-order valence-electron chi connectivity index (χ3n) is 6.85. The first-order valence-corrected chi connectivity index (χ1v) is 11.6. The number of benzene rings is 1. The van der Waals surface area contributed by atoms with E-state index in [1.54, 1.807) is 25.7 Å². The number of esters is 2. The molecule has 178 valence electrons. The molecule has 33 heavy (non-hydrogen) atoms. The standard InChI is InChI=1S/C24H31N3O6/c1-4-32-19(28)12-25-23(31)27-14-17(21(29)33-5-2)20-16-8-6-7-9-18(16)26(13-15-10-11-15)22(30)24(20,27)3/h6-9,15,17,20H,4-5,10-14H2,1-3H3,(H,25,31)/t17-,20+,24-/m0/s1. The van der Waals surface area contributed by atoms with Crippen LogP contribution in [0, 0.1) is 11.8 Å². The van der Waals surface area contributed by atoms with Crippen LogP contribution in [0.4, 0.5) is 10.5 Å². The summed E-state index contributed by atoms with van der Waals surface area (Å²) in [6.07, 6.45) is 2.14. The number of carbonyl (C=O) groups is 4. The molecule has 1 aromatic carbocycles. The van der Waals surface area contributed by atoms with Crippen LogP contribution in [0.1, 0.15) is 45.1 Å². The lowest BCUT2D eigenvalue weighted by Crippen LogP contribution is -2.63. The Morgan fingerprint density at radius 2 is 1.82 bits per heavy atom. The Morgan fingerprint density at radius 3 is 2.48 bits per heavy atom. The molecule has 0 aromatic heterocycles. The number of rotatable bonds is 7. The Bertz CT molecular complexity index is 961. The third-order valence-corrected chi connectivity index (χ3v) is 6.85. The Morgan fingerprint density at radius 1 is 1.12 bits per heavy atom. The molecule has 0 bridgehead atoms. The fourth-order valence-corrected chi connectivity index (χ4v) is 5.15. The number of likely N-dealkylation sites (tertiary alicyclic amines) is 1. The summed E-state index contributed by atoms with van der Waals surface area (Å²) in [7, 11) is 0. The van der Waals surface area contributed by atoms with Crippen LogP contribution in [0.15, 0.2) is 24.3 Å². The largest absolute Gasteiger partial charge is 0.466 e. The van der Waals surface area contributed by atoms with Crippen molar-refractivity contribution in [1.29, 1.82) is 0 Å². The first-order chi connectivity index (χ1) is 15.8. The van der Waals surface area contributed by atoms with Gasteiger partial charge in [0, 0.05) is 24.7 Å². The van der Waals surface area contributed by atoms with Gasteiger partial charge in [-0.1, -0.05) is 18.2 Å². The minimum Gasteiger partial charge on any atom is -0.466 e. The highest BCUT2D eigenvalue weighted by atomic mass is 16.5. The molecule has 0 unspecified atom stereocenters. The number of nitrogens with one attached hydrogen (secondary N) is 1. The van der Waals surface area contributed by atoms with E-state index in [1.807, 2.05) is 24.3 Å². The second-order valence-electron chi connectivity index (χ2n) is 8.98. The molecule has 3 atom stereocenters. The molecule has 1 aromatic rings. The molecule has 1 aliphatic carbocycles. The minimum absolute atomic E-state index is 0.0198. The van der Waals surface area contributed by atoms with Crippen LogP contribution < -0.4 is 10.2 Å². The number of fused-ring (bicyclic) bond motifs is 3. The van der Waals surface area contributed by atoms with Crippen molar-refractivity contribution in [3.63, 3.8) is 0 Å². The molecule has 1 N–H and O–H groups in total. The molecule has 2 fully saturated rings. The number of ether oxygens (including phenoxy) is 2. The van der Waals surface area contributed by atoms with Gasteiger partial charge in [-0.05, 0) is 51.2 Å². The van der Waals surface area contributed by atoms with E-state index in [0.29, 0.717) is 12.5 Å². The molecular formula is C24H31N3O6. The highest BCUT2D eigenvalue weighted by Gasteiger charge is 2.64. The Balaban J connectivity index is 1.73. The average molecular weight is 458 g/mol. The van der Waals surface area contributed by atoms with Gasteiger partial charge in [-0.2, -0.15) is 0 Å². The molecule has 0 spiro atoms. The number of para-hydroxylation sites is 1. The van der Waals surface area contributed by atoms with Crippen molar-refractivity contribution in [2.45, 2.75) is 45.1 Å². The van der Waals surface area contributed by atoms with E-state index in [4.69, 9.17) is 9.47 Å². The Kier molecular flexibility index (Phi) is 6.32. The zero-order chi connectivity index (χ0) is 23.8. The summed E-state index contributed by atoms with van der Waals surface area (Å²) >= 11 is 0. The predicted octanol–water partition coefficient (Wildman–Crippen LogP) is 2.05. The van der Waals surface area contributed by atoms with E-state index in [0.717, 1.165) is 24.1 Å². The zero-order valence-corrected chi connectivity index (χ0v) is 19.3. The van der Waals surface area contributed by atoms with Gasteiger partial charge in [0.2, 0.25) is 0 Å². The summed E-state index contributed by atoms with van der Waals surface area (Å²) in [5, 5.41) is 2.56. The fraction of sp³-hybridized carbons (Fsp3) is 0.583. The van der Waals surface area contributed by atoms with Gasteiger partial charge in [0.25, 0.3) is 5.91 Å². The lowest BCUT2D eigenvalue weighted by Gasteiger charge is -2.46. The van der Waals surface area contributed by atoms with Crippen molar-refractivity contribution < 1.29 is 28.7 Å². The van der Waals surface area contributed by atoms with Crippen molar-refractivity contribution in [1.82, 2.24) is 10.2 Å².